The third-order valence-electron chi connectivity index (χ3n) is 2.53. The van der Waals surface area contributed by atoms with E-state index in [0.29, 0.717) is 0 Å². The SMILES string of the molecule is O=C(CCl)NC(=O)NCc1cccc2cccnc12. The maximum Gasteiger partial charge on any atom is 0.321 e. The molecule has 0 saturated carbocycles. The van der Waals surface area contributed by atoms with Gasteiger partial charge in [0, 0.05) is 18.1 Å². The van der Waals surface area contributed by atoms with E-state index in [0.717, 1.165) is 16.5 Å². The fourth-order valence-electron chi connectivity index (χ4n) is 1.69. The lowest BCUT2D eigenvalue weighted by atomic mass is 10.1. The Morgan fingerprint density at radius 1 is 1.21 bits per heavy atom. The summed E-state index contributed by atoms with van der Waals surface area (Å²) in [5.74, 6) is -0.779. The second kappa shape index (κ2) is 6.15. The van der Waals surface area contributed by atoms with Crippen molar-refractivity contribution in [2.45, 2.75) is 6.54 Å². The van der Waals surface area contributed by atoms with E-state index in [1.54, 1.807) is 6.20 Å². The maximum absolute atomic E-state index is 11.4. The molecule has 0 fully saturated rings. The summed E-state index contributed by atoms with van der Waals surface area (Å²) in [5.41, 5.74) is 1.71. The molecular weight excluding hydrogens is 266 g/mol. The maximum atomic E-state index is 11.4. The number of hydrogen-bond donors (Lipinski definition) is 2. The van der Waals surface area contributed by atoms with E-state index in [1.807, 2.05) is 30.3 Å². The molecule has 1 aromatic heterocycles. The number of aromatic nitrogens is 1. The first-order valence-corrected chi connectivity index (χ1v) is 6.20. The molecule has 0 radical (unpaired) electrons. The number of carbonyl (C=O) groups is 2. The van der Waals surface area contributed by atoms with Crippen molar-refractivity contribution in [2.75, 3.05) is 5.88 Å². The Bertz CT molecular complexity index is 610. The van der Waals surface area contributed by atoms with Gasteiger partial charge >= 0.3 is 6.03 Å². The number of nitrogens with zero attached hydrogens (tertiary/aromatic N) is 1. The van der Waals surface area contributed by atoms with Crippen LogP contribution in [-0.2, 0) is 11.3 Å². The van der Waals surface area contributed by atoms with Crippen LogP contribution in [0.3, 0.4) is 0 Å². The third-order valence-corrected chi connectivity index (χ3v) is 2.77. The molecule has 0 unspecified atom stereocenters. The molecular formula is C13H12ClN3O2. The molecule has 0 saturated heterocycles. The predicted molar refractivity (Wildman–Crippen MR) is 72.8 cm³/mol. The van der Waals surface area contributed by atoms with Gasteiger partial charge in [-0.05, 0) is 11.6 Å². The lowest BCUT2D eigenvalue weighted by Gasteiger charge is -2.07. The minimum absolute atomic E-state index is 0.247. The highest BCUT2D eigenvalue weighted by Gasteiger charge is 2.07. The van der Waals surface area contributed by atoms with Crippen LogP contribution in [0.4, 0.5) is 4.79 Å². The van der Waals surface area contributed by atoms with Crippen LogP contribution < -0.4 is 10.6 Å². The molecule has 5 nitrogen and oxygen atoms in total. The number of imide groups is 1. The average Bonchev–Trinajstić information content (AvgIpc) is 2.44. The van der Waals surface area contributed by atoms with Gasteiger partial charge in [0.05, 0.1) is 5.52 Å². The average molecular weight is 278 g/mol. The van der Waals surface area contributed by atoms with Crippen LogP contribution >= 0.6 is 11.6 Å². The van der Waals surface area contributed by atoms with Crippen LogP contribution in [0.5, 0.6) is 0 Å². The van der Waals surface area contributed by atoms with E-state index >= 15 is 0 Å². The number of benzene rings is 1. The molecule has 3 amide bonds. The van der Waals surface area contributed by atoms with Crippen LogP contribution in [-0.4, -0.2) is 22.8 Å². The van der Waals surface area contributed by atoms with Crippen molar-refractivity contribution < 1.29 is 9.59 Å². The smallest absolute Gasteiger partial charge is 0.321 e. The lowest BCUT2D eigenvalue weighted by molar-refractivity contribution is -0.117. The largest absolute Gasteiger partial charge is 0.334 e. The molecule has 1 aromatic carbocycles. The number of fused-ring (bicyclic) bond motifs is 1. The summed E-state index contributed by atoms with van der Waals surface area (Å²) >= 11 is 5.29. The molecule has 0 spiro atoms. The van der Waals surface area contributed by atoms with E-state index in [2.05, 4.69) is 15.6 Å². The van der Waals surface area contributed by atoms with E-state index in [-0.39, 0.29) is 12.4 Å². The van der Waals surface area contributed by atoms with Crippen LogP contribution in [0.2, 0.25) is 0 Å². The van der Waals surface area contributed by atoms with Crippen LogP contribution in [0, 0.1) is 0 Å². The molecule has 98 valence electrons. The Hall–Kier alpha value is -2.14. The first-order valence-electron chi connectivity index (χ1n) is 5.67. The molecule has 0 atom stereocenters. The lowest BCUT2D eigenvalue weighted by Crippen LogP contribution is -2.39. The van der Waals surface area contributed by atoms with Crippen molar-refractivity contribution in [2.24, 2.45) is 0 Å². The van der Waals surface area contributed by atoms with Gasteiger partial charge in [-0.15, -0.1) is 11.6 Å². The van der Waals surface area contributed by atoms with E-state index in [9.17, 15) is 9.59 Å². The zero-order valence-electron chi connectivity index (χ0n) is 10.0. The Labute approximate surface area is 115 Å². The summed E-state index contributed by atoms with van der Waals surface area (Å²) < 4.78 is 0. The number of para-hydroxylation sites is 1. The highest BCUT2D eigenvalue weighted by Crippen LogP contribution is 2.15. The van der Waals surface area contributed by atoms with Gasteiger partial charge in [-0.3, -0.25) is 15.1 Å². The predicted octanol–water partition coefficient (Wildman–Crippen LogP) is 1.80. The zero-order chi connectivity index (χ0) is 13.7. The number of alkyl halides is 1. The summed E-state index contributed by atoms with van der Waals surface area (Å²) in [5, 5.41) is 5.69. The Morgan fingerprint density at radius 2 is 2.00 bits per heavy atom. The van der Waals surface area contributed by atoms with Crippen LogP contribution in [0.1, 0.15) is 5.56 Å². The monoisotopic (exact) mass is 277 g/mol. The highest BCUT2D eigenvalue weighted by molar-refractivity contribution is 6.28. The highest BCUT2D eigenvalue weighted by atomic mass is 35.5. The fraction of sp³-hybridized carbons (Fsp3) is 0.154. The van der Waals surface area contributed by atoms with E-state index in [1.165, 1.54) is 0 Å². The number of amides is 3. The minimum atomic E-state index is -0.571. The van der Waals surface area contributed by atoms with Crippen molar-refractivity contribution in [1.82, 2.24) is 15.6 Å². The standard InChI is InChI=1S/C13H12ClN3O2/c14-7-11(18)17-13(19)16-8-10-4-1-3-9-5-2-6-15-12(9)10/h1-6H,7-8H2,(H2,16,17,18,19). The number of halogens is 1. The number of rotatable bonds is 3. The van der Waals surface area contributed by atoms with Gasteiger partial charge in [-0.2, -0.15) is 0 Å². The first kappa shape index (κ1) is 13.3. The number of pyridine rings is 1. The summed E-state index contributed by atoms with van der Waals surface area (Å²) in [6, 6.07) is 8.94. The molecule has 0 aliphatic rings. The second-order valence-corrected chi connectivity index (χ2v) is 4.12. The third kappa shape index (κ3) is 3.42. The molecule has 0 aliphatic carbocycles. The normalized spacial score (nSPS) is 10.2. The summed E-state index contributed by atoms with van der Waals surface area (Å²) in [4.78, 5) is 26.6. The van der Waals surface area contributed by atoms with Crippen LogP contribution in [0.25, 0.3) is 10.9 Å². The van der Waals surface area contributed by atoms with Gasteiger partial charge in [0.1, 0.15) is 5.88 Å². The Kier molecular flexibility index (Phi) is 4.30. The van der Waals surface area contributed by atoms with E-state index < -0.39 is 11.9 Å². The second-order valence-electron chi connectivity index (χ2n) is 3.86. The molecule has 2 rings (SSSR count). The van der Waals surface area contributed by atoms with Crippen molar-refractivity contribution in [1.29, 1.82) is 0 Å². The number of urea groups is 1. The Morgan fingerprint density at radius 3 is 2.79 bits per heavy atom. The molecule has 6 heteroatoms. The molecule has 0 bridgehead atoms. The summed E-state index contributed by atoms with van der Waals surface area (Å²) in [6.07, 6.45) is 1.70. The van der Waals surface area contributed by atoms with Crippen LogP contribution in [0.15, 0.2) is 36.5 Å². The summed E-state index contributed by atoms with van der Waals surface area (Å²) in [7, 11) is 0. The van der Waals surface area contributed by atoms with Crippen molar-refractivity contribution in [3.8, 4) is 0 Å². The van der Waals surface area contributed by atoms with E-state index in [4.69, 9.17) is 11.6 Å². The minimum Gasteiger partial charge on any atom is -0.334 e. The van der Waals surface area contributed by atoms with Crippen molar-refractivity contribution in [3.63, 3.8) is 0 Å². The van der Waals surface area contributed by atoms with Gasteiger partial charge in [-0.25, -0.2) is 4.79 Å². The number of hydrogen-bond acceptors (Lipinski definition) is 3. The molecule has 2 N–H and O–H groups in total. The van der Waals surface area contributed by atoms with Gasteiger partial charge in [0.25, 0.3) is 0 Å². The Balaban J connectivity index is 2.06. The van der Waals surface area contributed by atoms with Gasteiger partial charge < -0.3 is 5.32 Å². The molecule has 2 aromatic rings. The number of nitrogens with one attached hydrogen (secondary N) is 2. The van der Waals surface area contributed by atoms with Gasteiger partial charge in [0.15, 0.2) is 0 Å². The molecule has 1 heterocycles. The topological polar surface area (TPSA) is 71.1 Å². The van der Waals surface area contributed by atoms with Crippen molar-refractivity contribution in [3.05, 3.63) is 42.1 Å². The van der Waals surface area contributed by atoms with Gasteiger partial charge in [0.2, 0.25) is 5.91 Å². The molecule has 0 aliphatic heterocycles. The zero-order valence-corrected chi connectivity index (χ0v) is 10.8. The van der Waals surface area contributed by atoms with Crippen molar-refractivity contribution >= 4 is 34.4 Å². The summed E-state index contributed by atoms with van der Waals surface area (Å²) in [6.45, 7) is 0.287. The molecule has 19 heavy (non-hydrogen) atoms. The quantitative estimate of drug-likeness (QED) is 0.841. The number of carbonyl (C=O) groups excluding carboxylic acids is 2. The van der Waals surface area contributed by atoms with Gasteiger partial charge in [-0.1, -0.05) is 24.3 Å². The first-order chi connectivity index (χ1) is 9.20. The fourth-order valence-corrected chi connectivity index (χ4v) is 1.76.